The smallest absolute Gasteiger partial charge is 0.243 e. The lowest BCUT2D eigenvalue weighted by atomic mass is 9.93. The largest absolute Gasteiger partial charge is 0.395 e. The first-order chi connectivity index (χ1) is 9.74. The molecule has 0 aromatic heterocycles. The van der Waals surface area contributed by atoms with Crippen molar-refractivity contribution in [2.45, 2.75) is 42.7 Å². The first kappa shape index (κ1) is 17.0. The van der Waals surface area contributed by atoms with Gasteiger partial charge in [0.2, 0.25) is 10.0 Å². The van der Waals surface area contributed by atoms with Crippen LogP contribution < -0.4 is 10.5 Å². The molecule has 118 valence electrons. The SMILES string of the molecule is Nc1c(F)c(S(=O)(=O)N[C@@H]2CCCC[C@H]2O)cc(Cl)c1Br. The molecule has 0 bridgehead atoms. The lowest BCUT2D eigenvalue weighted by molar-refractivity contribution is 0.101. The molecule has 1 aliphatic rings. The minimum absolute atomic E-state index is 0.00142. The Balaban J connectivity index is 2.36. The molecule has 0 unspecified atom stereocenters. The van der Waals surface area contributed by atoms with Gasteiger partial charge < -0.3 is 10.8 Å². The number of halogens is 3. The maximum Gasteiger partial charge on any atom is 0.243 e. The number of sulfonamides is 1. The van der Waals surface area contributed by atoms with Crippen LogP contribution in [0.2, 0.25) is 5.02 Å². The number of hydrogen-bond acceptors (Lipinski definition) is 4. The molecule has 4 N–H and O–H groups in total. The Morgan fingerprint density at radius 2 is 2.05 bits per heavy atom. The average Bonchev–Trinajstić information content (AvgIpc) is 2.42. The highest BCUT2D eigenvalue weighted by Gasteiger charge is 2.31. The van der Waals surface area contributed by atoms with Gasteiger partial charge in [-0.25, -0.2) is 17.5 Å². The van der Waals surface area contributed by atoms with Crippen molar-refractivity contribution in [1.82, 2.24) is 4.72 Å². The lowest BCUT2D eigenvalue weighted by Gasteiger charge is -2.28. The maximum absolute atomic E-state index is 14.1. The predicted octanol–water partition coefficient (Wildman–Crippen LogP) is 2.41. The van der Waals surface area contributed by atoms with Crippen LogP contribution in [0.5, 0.6) is 0 Å². The van der Waals surface area contributed by atoms with Crippen molar-refractivity contribution in [3.8, 4) is 0 Å². The maximum atomic E-state index is 14.1. The van der Waals surface area contributed by atoms with Crippen molar-refractivity contribution >= 4 is 43.2 Å². The van der Waals surface area contributed by atoms with E-state index in [9.17, 15) is 17.9 Å². The summed E-state index contributed by atoms with van der Waals surface area (Å²) in [5.74, 6) is -1.07. The Morgan fingerprint density at radius 1 is 1.43 bits per heavy atom. The van der Waals surface area contributed by atoms with Crippen LogP contribution in [0.3, 0.4) is 0 Å². The van der Waals surface area contributed by atoms with Gasteiger partial charge in [0.15, 0.2) is 5.82 Å². The number of aliphatic hydroxyl groups is 1. The average molecular weight is 402 g/mol. The molecule has 1 fully saturated rings. The third-order valence-electron chi connectivity index (χ3n) is 3.48. The second-order valence-corrected chi connectivity index (χ2v) is 7.86. The minimum Gasteiger partial charge on any atom is -0.395 e. The molecule has 1 saturated carbocycles. The van der Waals surface area contributed by atoms with Crippen molar-refractivity contribution in [2.75, 3.05) is 5.73 Å². The molecule has 1 aromatic carbocycles. The molecule has 9 heteroatoms. The van der Waals surface area contributed by atoms with Crippen LogP contribution in [-0.2, 0) is 10.0 Å². The number of benzene rings is 1. The number of hydrogen-bond donors (Lipinski definition) is 3. The third-order valence-corrected chi connectivity index (χ3v) is 6.35. The number of nitrogens with one attached hydrogen (secondary N) is 1. The lowest BCUT2D eigenvalue weighted by Crippen LogP contribution is -2.45. The Kier molecular flexibility index (Phi) is 5.15. The predicted molar refractivity (Wildman–Crippen MR) is 82.1 cm³/mol. The minimum atomic E-state index is -4.16. The van der Waals surface area contributed by atoms with Gasteiger partial charge in [-0.2, -0.15) is 0 Å². The van der Waals surface area contributed by atoms with Crippen LogP contribution in [0, 0.1) is 5.82 Å². The van der Waals surface area contributed by atoms with Gasteiger partial charge in [0.05, 0.1) is 21.3 Å². The summed E-state index contributed by atoms with van der Waals surface area (Å²) in [6.07, 6.45) is 1.88. The van der Waals surface area contributed by atoms with Crippen molar-refractivity contribution in [2.24, 2.45) is 0 Å². The normalized spacial score (nSPS) is 23.2. The van der Waals surface area contributed by atoms with Crippen molar-refractivity contribution in [1.29, 1.82) is 0 Å². The topological polar surface area (TPSA) is 92.4 Å². The Morgan fingerprint density at radius 3 is 2.67 bits per heavy atom. The summed E-state index contributed by atoms with van der Waals surface area (Å²) < 4.78 is 41.1. The molecular weight excluding hydrogens is 387 g/mol. The number of anilines is 1. The highest BCUT2D eigenvalue weighted by molar-refractivity contribution is 9.10. The van der Waals surface area contributed by atoms with E-state index in [0.29, 0.717) is 12.8 Å². The van der Waals surface area contributed by atoms with Gasteiger partial charge in [-0.3, -0.25) is 0 Å². The van der Waals surface area contributed by atoms with Crippen LogP contribution in [0.1, 0.15) is 25.7 Å². The fourth-order valence-corrected chi connectivity index (χ4v) is 4.29. The fourth-order valence-electron chi connectivity index (χ4n) is 2.31. The van der Waals surface area contributed by atoms with E-state index >= 15 is 0 Å². The van der Waals surface area contributed by atoms with Gasteiger partial charge in [-0.15, -0.1) is 0 Å². The molecule has 0 radical (unpaired) electrons. The Hall–Kier alpha value is -0.410. The first-order valence-corrected chi connectivity index (χ1v) is 9.03. The van der Waals surface area contributed by atoms with E-state index in [1.165, 1.54) is 0 Å². The zero-order chi connectivity index (χ0) is 15.8. The van der Waals surface area contributed by atoms with Crippen LogP contribution in [0.15, 0.2) is 15.4 Å². The zero-order valence-electron chi connectivity index (χ0n) is 10.9. The standard InChI is InChI=1S/C12H15BrClFN2O3S/c13-10-6(14)5-9(11(15)12(10)16)21(19,20)17-7-3-1-2-4-8(7)18/h5,7-8,17-18H,1-4,16H2/t7-,8-/m1/s1. The molecule has 5 nitrogen and oxygen atoms in total. The van der Waals surface area contributed by atoms with Gasteiger partial charge in [0.25, 0.3) is 0 Å². The number of nitrogen functional groups attached to an aromatic ring is 1. The van der Waals surface area contributed by atoms with Crippen LogP contribution in [0.4, 0.5) is 10.1 Å². The van der Waals surface area contributed by atoms with E-state index in [-0.39, 0.29) is 15.2 Å². The van der Waals surface area contributed by atoms with Crippen LogP contribution >= 0.6 is 27.5 Å². The molecule has 0 spiro atoms. The summed E-state index contributed by atoms with van der Waals surface area (Å²) in [6, 6.07) is 0.362. The van der Waals surface area contributed by atoms with Crippen molar-refractivity contribution < 1.29 is 17.9 Å². The second-order valence-electron chi connectivity index (χ2n) is 4.98. The molecule has 0 amide bonds. The molecule has 1 aliphatic carbocycles. The molecule has 0 aliphatic heterocycles. The van der Waals surface area contributed by atoms with Crippen LogP contribution in [0.25, 0.3) is 0 Å². The van der Waals surface area contributed by atoms with E-state index < -0.39 is 32.9 Å². The number of nitrogens with two attached hydrogens (primary N) is 1. The molecular formula is C12H15BrClFN2O3S. The van der Waals surface area contributed by atoms with Crippen molar-refractivity contribution in [3.63, 3.8) is 0 Å². The molecule has 0 heterocycles. The second kappa shape index (κ2) is 6.37. The fraction of sp³-hybridized carbons (Fsp3) is 0.500. The van der Waals surface area contributed by atoms with E-state index in [1.807, 2.05) is 0 Å². The quantitative estimate of drug-likeness (QED) is 0.536. The Labute approximate surface area is 135 Å². The third kappa shape index (κ3) is 3.50. The van der Waals surface area contributed by atoms with Crippen molar-refractivity contribution in [3.05, 3.63) is 21.4 Å². The highest BCUT2D eigenvalue weighted by Crippen LogP contribution is 2.35. The van der Waals surface area contributed by atoms with E-state index in [1.54, 1.807) is 0 Å². The molecule has 2 rings (SSSR count). The van der Waals surface area contributed by atoms with Gasteiger partial charge in [-0.05, 0) is 34.8 Å². The Bertz CT molecular complexity index is 656. The monoisotopic (exact) mass is 400 g/mol. The number of rotatable bonds is 3. The van der Waals surface area contributed by atoms with E-state index in [0.717, 1.165) is 18.9 Å². The first-order valence-electron chi connectivity index (χ1n) is 6.37. The summed E-state index contributed by atoms with van der Waals surface area (Å²) in [5, 5.41) is 9.82. The summed E-state index contributed by atoms with van der Waals surface area (Å²) in [4.78, 5) is -0.619. The van der Waals surface area contributed by atoms with Gasteiger partial charge in [-0.1, -0.05) is 24.4 Å². The summed E-state index contributed by atoms with van der Waals surface area (Å²) >= 11 is 8.82. The zero-order valence-corrected chi connectivity index (χ0v) is 14.1. The van der Waals surface area contributed by atoms with Gasteiger partial charge in [0.1, 0.15) is 4.90 Å². The van der Waals surface area contributed by atoms with Gasteiger partial charge >= 0.3 is 0 Å². The van der Waals surface area contributed by atoms with E-state index in [2.05, 4.69) is 20.7 Å². The number of aliphatic hydroxyl groups excluding tert-OH is 1. The molecule has 21 heavy (non-hydrogen) atoms. The highest BCUT2D eigenvalue weighted by atomic mass is 79.9. The molecule has 1 aromatic rings. The van der Waals surface area contributed by atoms with Gasteiger partial charge in [0, 0.05) is 6.04 Å². The van der Waals surface area contributed by atoms with Crippen LogP contribution in [-0.4, -0.2) is 25.7 Å². The molecule has 2 atom stereocenters. The molecule has 0 saturated heterocycles. The summed E-state index contributed by atoms with van der Waals surface area (Å²) in [7, 11) is -4.16. The summed E-state index contributed by atoms with van der Waals surface area (Å²) in [5.41, 5.74) is 5.12. The summed E-state index contributed by atoms with van der Waals surface area (Å²) in [6.45, 7) is 0. The van der Waals surface area contributed by atoms with E-state index in [4.69, 9.17) is 17.3 Å².